The van der Waals surface area contributed by atoms with E-state index < -0.39 is 0 Å². The van der Waals surface area contributed by atoms with Crippen LogP contribution in [0.5, 0.6) is 0 Å². The average molecular weight is 186 g/mol. The van der Waals surface area contributed by atoms with E-state index in [1.54, 1.807) is 0 Å². The van der Waals surface area contributed by atoms with E-state index in [1.165, 1.54) is 0 Å². The van der Waals surface area contributed by atoms with Crippen molar-refractivity contribution in [1.82, 2.24) is 10.2 Å². The maximum atomic E-state index is 11.4. The molecule has 0 aromatic heterocycles. The van der Waals surface area contributed by atoms with Crippen LogP contribution in [0.4, 0.5) is 0 Å². The van der Waals surface area contributed by atoms with E-state index in [1.807, 2.05) is 18.9 Å². The van der Waals surface area contributed by atoms with Crippen molar-refractivity contribution in [3.8, 4) is 0 Å². The molecule has 3 nitrogen and oxygen atoms in total. The van der Waals surface area contributed by atoms with Crippen LogP contribution >= 0.6 is 0 Å². The quantitative estimate of drug-likeness (QED) is 0.630. The molecule has 1 N–H and O–H groups in total. The lowest BCUT2D eigenvalue weighted by atomic mass is 10.2. The Morgan fingerprint density at radius 3 is 2.54 bits per heavy atom. The first-order chi connectivity index (χ1) is 6.07. The molecule has 0 rings (SSSR count). The van der Waals surface area contributed by atoms with Gasteiger partial charge in [-0.15, -0.1) is 0 Å². The third kappa shape index (κ3) is 6.58. The first-order valence-electron chi connectivity index (χ1n) is 5.02. The number of rotatable bonds is 6. The van der Waals surface area contributed by atoms with E-state index >= 15 is 0 Å². The van der Waals surface area contributed by atoms with Crippen LogP contribution in [-0.2, 0) is 4.79 Å². The summed E-state index contributed by atoms with van der Waals surface area (Å²) in [6.07, 6.45) is 0.608. The molecule has 0 radical (unpaired) electrons. The fraction of sp³-hybridized carbons (Fsp3) is 0.900. The van der Waals surface area contributed by atoms with Gasteiger partial charge in [-0.25, -0.2) is 0 Å². The van der Waals surface area contributed by atoms with Gasteiger partial charge in [-0.05, 0) is 12.5 Å². The molecule has 0 aliphatic heterocycles. The molecular weight excluding hydrogens is 164 g/mol. The van der Waals surface area contributed by atoms with Crippen molar-refractivity contribution in [3.63, 3.8) is 0 Å². The molecule has 0 aliphatic rings. The molecule has 0 spiro atoms. The van der Waals surface area contributed by atoms with Crippen LogP contribution in [0.15, 0.2) is 0 Å². The van der Waals surface area contributed by atoms with Crippen molar-refractivity contribution in [2.75, 3.05) is 26.7 Å². The number of nitrogens with one attached hydrogen (secondary N) is 1. The third-order valence-corrected chi connectivity index (χ3v) is 1.83. The number of nitrogens with zero attached hydrogens (tertiary/aromatic N) is 1. The molecule has 0 saturated carbocycles. The summed E-state index contributed by atoms with van der Waals surface area (Å²) in [5.41, 5.74) is 0. The highest BCUT2D eigenvalue weighted by Gasteiger charge is 2.08. The third-order valence-electron chi connectivity index (χ3n) is 1.83. The monoisotopic (exact) mass is 186 g/mol. The van der Waals surface area contributed by atoms with Crippen LogP contribution in [0.2, 0.25) is 0 Å². The highest BCUT2D eigenvalue weighted by atomic mass is 16.2. The van der Waals surface area contributed by atoms with Gasteiger partial charge in [-0.1, -0.05) is 20.8 Å². The molecule has 0 aliphatic carbocycles. The maximum Gasteiger partial charge on any atom is 0.223 e. The Morgan fingerprint density at radius 1 is 1.46 bits per heavy atom. The van der Waals surface area contributed by atoms with Gasteiger partial charge in [-0.2, -0.15) is 0 Å². The Bertz CT molecular complexity index is 146. The van der Waals surface area contributed by atoms with Crippen molar-refractivity contribution in [3.05, 3.63) is 0 Å². The molecule has 0 bridgehead atoms. The summed E-state index contributed by atoms with van der Waals surface area (Å²) in [5.74, 6) is 0.780. The number of hydrogen-bond acceptors (Lipinski definition) is 2. The summed E-state index contributed by atoms with van der Waals surface area (Å²) in [5, 5.41) is 3.14. The number of carbonyl (C=O) groups is 1. The summed E-state index contributed by atoms with van der Waals surface area (Å²) in [6.45, 7) is 8.86. The fourth-order valence-corrected chi connectivity index (χ4v) is 1.21. The Morgan fingerprint density at radius 2 is 2.08 bits per heavy atom. The largest absolute Gasteiger partial charge is 0.345 e. The number of carbonyl (C=O) groups excluding carboxylic acids is 1. The van der Waals surface area contributed by atoms with Gasteiger partial charge in [0.15, 0.2) is 0 Å². The van der Waals surface area contributed by atoms with Gasteiger partial charge in [-0.3, -0.25) is 4.79 Å². The highest BCUT2D eigenvalue weighted by Crippen LogP contribution is 1.97. The first kappa shape index (κ1) is 12.4. The van der Waals surface area contributed by atoms with E-state index in [0.29, 0.717) is 12.3 Å². The van der Waals surface area contributed by atoms with E-state index in [-0.39, 0.29) is 5.91 Å². The minimum atomic E-state index is 0.231. The van der Waals surface area contributed by atoms with Gasteiger partial charge < -0.3 is 10.2 Å². The van der Waals surface area contributed by atoms with E-state index in [2.05, 4.69) is 19.2 Å². The lowest BCUT2D eigenvalue weighted by Crippen LogP contribution is -2.32. The minimum absolute atomic E-state index is 0.231. The Labute approximate surface area is 81.5 Å². The molecule has 0 unspecified atom stereocenters. The highest BCUT2D eigenvalue weighted by molar-refractivity contribution is 5.76. The van der Waals surface area contributed by atoms with Crippen LogP contribution in [0.1, 0.15) is 27.2 Å². The molecule has 0 heterocycles. The topological polar surface area (TPSA) is 32.3 Å². The average Bonchev–Trinajstić information content (AvgIpc) is 2.03. The van der Waals surface area contributed by atoms with E-state index in [0.717, 1.165) is 19.6 Å². The van der Waals surface area contributed by atoms with Gasteiger partial charge >= 0.3 is 0 Å². The summed E-state index contributed by atoms with van der Waals surface area (Å²) < 4.78 is 0. The zero-order chi connectivity index (χ0) is 10.3. The standard InChI is InChI=1S/C10H22N2O/c1-5-11-7-6-10(13)12(4)8-9(2)3/h9,11H,5-8H2,1-4H3. The Hall–Kier alpha value is -0.570. The second-order valence-corrected chi connectivity index (χ2v) is 3.77. The van der Waals surface area contributed by atoms with Crippen molar-refractivity contribution in [2.24, 2.45) is 5.92 Å². The molecule has 0 aromatic rings. The smallest absolute Gasteiger partial charge is 0.223 e. The normalized spacial score (nSPS) is 10.5. The van der Waals surface area contributed by atoms with Crippen molar-refractivity contribution >= 4 is 5.91 Å². The molecule has 0 saturated heterocycles. The van der Waals surface area contributed by atoms with Crippen LogP contribution in [-0.4, -0.2) is 37.5 Å². The van der Waals surface area contributed by atoms with Gasteiger partial charge in [0.25, 0.3) is 0 Å². The van der Waals surface area contributed by atoms with Gasteiger partial charge in [0.05, 0.1) is 0 Å². The number of amides is 1. The van der Waals surface area contributed by atoms with Gasteiger partial charge in [0.1, 0.15) is 0 Å². The van der Waals surface area contributed by atoms with Crippen LogP contribution < -0.4 is 5.32 Å². The molecule has 0 fully saturated rings. The Balaban J connectivity index is 3.57. The fourth-order valence-electron chi connectivity index (χ4n) is 1.21. The second-order valence-electron chi connectivity index (χ2n) is 3.77. The van der Waals surface area contributed by atoms with Crippen LogP contribution in [0, 0.1) is 5.92 Å². The predicted molar refractivity (Wildman–Crippen MR) is 55.6 cm³/mol. The summed E-state index contributed by atoms with van der Waals surface area (Å²) in [4.78, 5) is 13.2. The van der Waals surface area contributed by atoms with Crippen molar-refractivity contribution in [2.45, 2.75) is 27.2 Å². The predicted octanol–water partition coefficient (Wildman–Crippen LogP) is 1.10. The van der Waals surface area contributed by atoms with Crippen LogP contribution in [0.3, 0.4) is 0 Å². The zero-order valence-electron chi connectivity index (χ0n) is 9.26. The van der Waals surface area contributed by atoms with Gasteiger partial charge in [0.2, 0.25) is 5.91 Å². The van der Waals surface area contributed by atoms with E-state index in [9.17, 15) is 4.79 Å². The molecule has 13 heavy (non-hydrogen) atoms. The number of hydrogen-bond donors (Lipinski definition) is 1. The summed E-state index contributed by atoms with van der Waals surface area (Å²) >= 11 is 0. The first-order valence-corrected chi connectivity index (χ1v) is 5.02. The summed E-state index contributed by atoms with van der Waals surface area (Å²) in [6, 6.07) is 0. The minimum Gasteiger partial charge on any atom is -0.345 e. The Kier molecular flexibility index (Phi) is 6.59. The lowest BCUT2D eigenvalue weighted by molar-refractivity contribution is -0.130. The second kappa shape index (κ2) is 6.89. The molecule has 3 heteroatoms. The van der Waals surface area contributed by atoms with Gasteiger partial charge in [0, 0.05) is 26.6 Å². The lowest BCUT2D eigenvalue weighted by Gasteiger charge is -2.19. The molecule has 1 amide bonds. The zero-order valence-corrected chi connectivity index (χ0v) is 9.26. The molecule has 78 valence electrons. The SMILES string of the molecule is CCNCCC(=O)N(C)CC(C)C. The molecule has 0 atom stereocenters. The molecule has 0 aromatic carbocycles. The molecular formula is C10H22N2O. The van der Waals surface area contributed by atoms with Crippen molar-refractivity contribution < 1.29 is 4.79 Å². The maximum absolute atomic E-state index is 11.4. The van der Waals surface area contributed by atoms with Crippen LogP contribution in [0.25, 0.3) is 0 Å². The summed E-state index contributed by atoms with van der Waals surface area (Å²) in [7, 11) is 1.87. The van der Waals surface area contributed by atoms with Crippen molar-refractivity contribution in [1.29, 1.82) is 0 Å². The van der Waals surface area contributed by atoms with E-state index in [4.69, 9.17) is 0 Å².